The minimum Gasteiger partial charge on any atom is -0.444 e. The topological polar surface area (TPSA) is 58.6 Å². The summed E-state index contributed by atoms with van der Waals surface area (Å²) in [6, 6.07) is 1.81. The van der Waals surface area contributed by atoms with Crippen LogP contribution in [0.5, 0.6) is 0 Å². The van der Waals surface area contributed by atoms with E-state index in [1.165, 1.54) is 0 Å². The van der Waals surface area contributed by atoms with Crippen molar-refractivity contribution in [3.05, 3.63) is 33.8 Å². The zero-order valence-corrected chi connectivity index (χ0v) is 16.7. The predicted octanol–water partition coefficient (Wildman–Crippen LogP) is 3.79. The van der Waals surface area contributed by atoms with Crippen LogP contribution in [0.4, 0.5) is 13.6 Å². The smallest absolute Gasteiger partial charge is 0.407 e. The Morgan fingerprint density at radius 3 is 2.65 bits per heavy atom. The molecule has 5 nitrogen and oxygen atoms in total. The van der Waals surface area contributed by atoms with Crippen molar-refractivity contribution < 1.29 is 23.1 Å². The van der Waals surface area contributed by atoms with Crippen LogP contribution in [0.1, 0.15) is 39.2 Å². The number of hydrogen-bond donors (Lipinski definition) is 1. The van der Waals surface area contributed by atoms with E-state index < -0.39 is 23.3 Å². The summed E-state index contributed by atoms with van der Waals surface area (Å²) in [5.74, 6) is -1.55. The minimum absolute atomic E-state index is 0.0120. The van der Waals surface area contributed by atoms with E-state index in [-0.39, 0.29) is 28.4 Å². The van der Waals surface area contributed by atoms with Gasteiger partial charge in [-0.1, -0.05) is 0 Å². The molecule has 1 atom stereocenters. The molecule has 2 amide bonds. The van der Waals surface area contributed by atoms with E-state index >= 15 is 0 Å². The third-order valence-electron chi connectivity index (χ3n) is 3.93. The molecule has 26 heavy (non-hydrogen) atoms. The maximum atomic E-state index is 13.9. The average molecular weight is 433 g/mol. The molecule has 1 aliphatic rings. The van der Waals surface area contributed by atoms with Crippen molar-refractivity contribution in [2.45, 2.75) is 51.7 Å². The van der Waals surface area contributed by atoms with Gasteiger partial charge in [-0.25, -0.2) is 13.6 Å². The summed E-state index contributed by atoms with van der Waals surface area (Å²) in [5.41, 5.74) is -0.588. The fourth-order valence-electron chi connectivity index (χ4n) is 2.77. The second kappa shape index (κ2) is 8.33. The number of benzene rings is 1. The molecule has 1 fully saturated rings. The lowest BCUT2D eigenvalue weighted by molar-refractivity contribution is -0.131. The highest BCUT2D eigenvalue weighted by Gasteiger charge is 2.27. The molecule has 0 aliphatic carbocycles. The molecule has 0 unspecified atom stereocenters. The Morgan fingerprint density at radius 2 is 2.00 bits per heavy atom. The minimum atomic E-state index is -0.632. The van der Waals surface area contributed by atoms with Gasteiger partial charge in [0.05, 0.1) is 10.9 Å². The van der Waals surface area contributed by atoms with Gasteiger partial charge in [-0.3, -0.25) is 4.79 Å². The fraction of sp³-hybridized carbons (Fsp3) is 0.556. The van der Waals surface area contributed by atoms with Crippen LogP contribution in [0.25, 0.3) is 0 Å². The van der Waals surface area contributed by atoms with E-state index in [1.54, 1.807) is 25.7 Å². The monoisotopic (exact) mass is 432 g/mol. The quantitative estimate of drug-likeness (QED) is 0.739. The summed E-state index contributed by atoms with van der Waals surface area (Å²) < 4.78 is 32.8. The molecule has 0 spiro atoms. The first-order valence-corrected chi connectivity index (χ1v) is 9.25. The molecule has 2 rings (SSSR count). The highest BCUT2D eigenvalue weighted by molar-refractivity contribution is 9.10. The van der Waals surface area contributed by atoms with Crippen molar-refractivity contribution >= 4 is 27.9 Å². The van der Waals surface area contributed by atoms with Gasteiger partial charge in [0.1, 0.15) is 17.2 Å². The third kappa shape index (κ3) is 5.93. The van der Waals surface area contributed by atoms with Crippen LogP contribution in [0.2, 0.25) is 0 Å². The molecule has 144 valence electrons. The summed E-state index contributed by atoms with van der Waals surface area (Å²) in [7, 11) is 0. The highest BCUT2D eigenvalue weighted by atomic mass is 79.9. The SMILES string of the molecule is CC(C)(C)OC(=O)N[C@H]1CCCN(C(=O)Cc2cc(F)c(Br)cc2F)C1. The number of likely N-dealkylation sites (tertiary alicyclic amines) is 1. The summed E-state index contributed by atoms with van der Waals surface area (Å²) in [6.07, 6.45) is 0.681. The molecule has 1 aromatic rings. The molecule has 0 saturated carbocycles. The lowest BCUT2D eigenvalue weighted by Crippen LogP contribution is -2.50. The Kier molecular flexibility index (Phi) is 6.60. The molecular formula is C18H23BrF2N2O3. The van der Waals surface area contributed by atoms with Crippen LogP contribution in [0, 0.1) is 11.6 Å². The van der Waals surface area contributed by atoms with Crippen molar-refractivity contribution in [2.75, 3.05) is 13.1 Å². The summed E-state index contributed by atoms with van der Waals surface area (Å²) in [6.45, 7) is 6.16. The first-order valence-electron chi connectivity index (χ1n) is 8.46. The average Bonchev–Trinajstić information content (AvgIpc) is 2.50. The molecule has 1 N–H and O–H groups in total. The number of nitrogens with zero attached hydrogens (tertiary/aromatic N) is 1. The lowest BCUT2D eigenvalue weighted by atomic mass is 10.0. The van der Waals surface area contributed by atoms with Gasteiger partial charge in [0.25, 0.3) is 0 Å². The van der Waals surface area contributed by atoms with Crippen molar-refractivity contribution in [1.29, 1.82) is 0 Å². The number of hydrogen-bond acceptors (Lipinski definition) is 3. The van der Waals surface area contributed by atoms with Gasteiger partial charge in [0.2, 0.25) is 5.91 Å². The number of ether oxygens (including phenoxy) is 1. The molecule has 0 aromatic heterocycles. The number of amides is 2. The summed E-state index contributed by atoms with van der Waals surface area (Å²) in [4.78, 5) is 25.9. The highest BCUT2D eigenvalue weighted by Crippen LogP contribution is 2.21. The largest absolute Gasteiger partial charge is 0.444 e. The standard InChI is InChI=1S/C18H23BrF2N2O3/c1-18(2,3)26-17(25)22-12-5-4-6-23(10-12)16(24)8-11-7-15(21)13(19)9-14(11)20/h7,9,12H,4-6,8,10H2,1-3H3,(H,22,25)/t12-/m0/s1. The maximum Gasteiger partial charge on any atom is 0.407 e. The zero-order chi connectivity index (χ0) is 19.5. The van der Waals surface area contributed by atoms with Crippen LogP contribution >= 0.6 is 15.9 Å². The van der Waals surface area contributed by atoms with Gasteiger partial charge in [-0.15, -0.1) is 0 Å². The number of nitrogens with one attached hydrogen (secondary N) is 1. The first kappa shape index (κ1) is 20.6. The van der Waals surface area contributed by atoms with Crippen molar-refractivity contribution in [1.82, 2.24) is 10.2 Å². The van der Waals surface area contributed by atoms with E-state index in [0.717, 1.165) is 18.6 Å². The molecule has 1 heterocycles. The first-order chi connectivity index (χ1) is 12.0. The number of piperidine rings is 1. The van der Waals surface area contributed by atoms with Gasteiger partial charge >= 0.3 is 6.09 Å². The van der Waals surface area contributed by atoms with Crippen molar-refractivity contribution in [3.63, 3.8) is 0 Å². The number of halogens is 3. The van der Waals surface area contributed by atoms with Crippen LogP contribution < -0.4 is 5.32 Å². The van der Waals surface area contributed by atoms with E-state index in [4.69, 9.17) is 4.74 Å². The Bertz CT molecular complexity index is 692. The van der Waals surface area contributed by atoms with Gasteiger partial charge < -0.3 is 15.0 Å². The molecule has 1 aliphatic heterocycles. The Balaban J connectivity index is 1.95. The van der Waals surface area contributed by atoms with Crippen LogP contribution in [-0.2, 0) is 16.0 Å². The molecule has 1 aromatic carbocycles. The molecule has 0 radical (unpaired) electrons. The second-order valence-electron chi connectivity index (χ2n) is 7.36. The molecular weight excluding hydrogens is 410 g/mol. The van der Waals surface area contributed by atoms with Gasteiger partial charge in [-0.05, 0) is 61.7 Å². The Hall–Kier alpha value is -1.70. The summed E-state index contributed by atoms with van der Waals surface area (Å²) in [5, 5.41) is 2.76. The number of rotatable bonds is 3. The molecule has 0 bridgehead atoms. The Labute approximate surface area is 160 Å². The fourth-order valence-corrected chi connectivity index (χ4v) is 3.09. The molecule has 1 saturated heterocycles. The van der Waals surface area contributed by atoms with E-state index in [1.807, 2.05) is 0 Å². The lowest BCUT2D eigenvalue weighted by Gasteiger charge is -2.33. The second-order valence-corrected chi connectivity index (χ2v) is 8.21. The third-order valence-corrected chi connectivity index (χ3v) is 4.53. The van der Waals surface area contributed by atoms with Gasteiger partial charge in [0, 0.05) is 24.7 Å². The predicted molar refractivity (Wildman–Crippen MR) is 96.7 cm³/mol. The van der Waals surface area contributed by atoms with Crippen LogP contribution in [-0.4, -0.2) is 41.6 Å². The van der Waals surface area contributed by atoms with Crippen LogP contribution in [0.3, 0.4) is 0 Å². The maximum absolute atomic E-state index is 13.9. The van der Waals surface area contributed by atoms with Crippen molar-refractivity contribution in [2.24, 2.45) is 0 Å². The van der Waals surface area contributed by atoms with E-state index in [2.05, 4.69) is 21.2 Å². The number of carbonyl (C=O) groups is 2. The zero-order valence-electron chi connectivity index (χ0n) is 15.1. The van der Waals surface area contributed by atoms with Crippen molar-refractivity contribution in [3.8, 4) is 0 Å². The van der Waals surface area contributed by atoms with Gasteiger partial charge in [0.15, 0.2) is 0 Å². The number of carbonyl (C=O) groups excluding carboxylic acids is 2. The molecule has 8 heteroatoms. The van der Waals surface area contributed by atoms with E-state index in [0.29, 0.717) is 19.5 Å². The normalized spacial score (nSPS) is 17.8. The Morgan fingerprint density at radius 1 is 1.31 bits per heavy atom. The van der Waals surface area contributed by atoms with E-state index in [9.17, 15) is 18.4 Å². The van der Waals surface area contributed by atoms with Crippen LogP contribution in [0.15, 0.2) is 16.6 Å². The summed E-state index contributed by atoms with van der Waals surface area (Å²) >= 11 is 2.91. The van der Waals surface area contributed by atoms with Gasteiger partial charge in [-0.2, -0.15) is 0 Å². The number of alkyl carbamates (subject to hydrolysis) is 1.